The molecular weight excluding hydrogens is 260 g/mol. The molecule has 3 rings (SSSR count). The Bertz CT molecular complexity index is 608. The summed E-state index contributed by atoms with van der Waals surface area (Å²) in [6.45, 7) is 1.94. The fourth-order valence-corrected chi connectivity index (χ4v) is 3.24. The standard InChI is InChI=1S/C15H17ClN2O/c1-10-13(14(16)18(2)17-10)9-15(19)7-11-5-3-4-6-12(11)8-15/h3-6,19H,7-9H2,1-2H3. The van der Waals surface area contributed by atoms with Crippen molar-refractivity contribution >= 4 is 11.6 Å². The zero-order valence-electron chi connectivity index (χ0n) is 11.2. The Morgan fingerprint density at radius 3 is 2.37 bits per heavy atom. The van der Waals surface area contributed by atoms with Crippen LogP contribution in [-0.4, -0.2) is 20.5 Å². The van der Waals surface area contributed by atoms with E-state index in [0.717, 1.165) is 11.3 Å². The van der Waals surface area contributed by atoms with E-state index in [2.05, 4.69) is 17.2 Å². The van der Waals surface area contributed by atoms with E-state index in [1.54, 1.807) is 4.68 Å². The molecule has 1 aromatic carbocycles. The van der Waals surface area contributed by atoms with Crippen molar-refractivity contribution in [2.75, 3.05) is 0 Å². The molecule has 3 nitrogen and oxygen atoms in total. The van der Waals surface area contributed by atoms with E-state index in [9.17, 15) is 5.11 Å². The summed E-state index contributed by atoms with van der Waals surface area (Å²) in [6.07, 6.45) is 1.93. The van der Waals surface area contributed by atoms with E-state index in [4.69, 9.17) is 11.6 Å². The van der Waals surface area contributed by atoms with Crippen LogP contribution in [0.3, 0.4) is 0 Å². The lowest BCUT2D eigenvalue weighted by molar-refractivity contribution is 0.0516. The van der Waals surface area contributed by atoms with Gasteiger partial charge in [0.25, 0.3) is 0 Å². The van der Waals surface area contributed by atoms with Gasteiger partial charge in [0.1, 0.15) is 5.15 Å². The second-order valence-electron chi connectivity index (χ2n) is 5.50. The van der Waals surface area contributed by atoms with Gasteiger partial charge >= 0.3 is 0 Å². The van der Waals surface area contributed by atoms with Gasteiger partial charge in [-0.3, -0.25) is 4.68 Å². The summed E-state index contributed by atoms with van der Waals surface area (Å²) < 4.78 is 1.66. The topological polar surface area (TPSA) is 38.0 Å². The van der Waals surface area contributed by atoms with Gasteiger partial charge in [0.05, 0.1) is 11.3 Å². The van der Waals surface area contributed by atoms with E-state index in [0.29, 0.717) is 24.4 Å². The zero-order valence-corrected chi connectivity index (χ0v) is 11.9. The van der Waals surface area contributed by atoms with Crippen LogP contribution in [0.4, 0.5) is 0 Å². The maximum atomic E-state index is 10.8. The Balaban J connectivity index is 1.89. The maximum Gasteiger partial charge on any atom is 0.130 e. The van der Waals surface area contributed by atoms with Crippen LogP contribution in [0.15, 0.2) is 24.3 Å². The summed E-state index contributed by atoms with van der Waals surface area (Å²) in [7, 11) is 1.83. The number of nitrogens with zero attached hydrogens (tertiary/aromatic N) is 2. The molecule has 1 heterocycles. The van der Waals surface area contributed by atoms with Crippen LogP contribution in [-0.2, 0) is 26.3 Å². The highest BCUT2D eigenvalue weighted by molar-refractivity contribution is 6.30. The van der Waals surface area contributed by atoms with E-state index < -0.39 is 5.60 Å². The molecule has 2 aromatic rings. The summed E-state index contributed by atoms with van der Waals surface area (Å²) in [5.41, 5.74) is 3.60. The molecule has 0 spiro atoms. The molecule has 0 saturated heterocycles. The molecule has 1 aromatic heterocycles. The van der Waals surface area contributed by atoms with Crippen LogP contribution in [0.1, 0.15) is 22.4 Å². The quantitative estimate of drug-likeness (QED) is 0.915. The Morgan fingerprint density at radius 2 is 1.89 bits per heavy atom. The molecule has 100 valence electrons. The SMILES string of the molecule is Cc1nn(C)c(Cl)c1CC1(O)Cc2ccccc2C1. The Morgan fingerprint density at radius 1 is 1.32 bits per heavy atom. The number of rotatable bonds is 2. The predicted molar refractivity (Wildman–Crippen MR) is 75.5 cm³/mol. The first-order valence-electron chi connectivity index (χ1n) is 6.46. The number of aromatic nitrogens is 2. The molecule has 1 aliphatic rings. The summed E-state index contributed by atoms with van der Waals surface area (Å²) in [5.74, 6) is 0. The first kappa shape index (κ1) is 12.7. The van der Waals surface area contributed by atoms with Crippen LogP contribution < -0.4 is 0 Å². The predicted octanol–water partition coefficient (Wildman–Crippen LogP) is 2.45. The first-order chi connectivity index (χ1) is 8.98. The number of benzene rings is 1. The fourth-order valence-electron chi connectivity index (χ4n) is 3.00. The van der Waals surface area contributed by atoms with Crippen LogP contribution >= 0.6 is 11.6 Å². The Hall–Kier alpha value is -1.32. The lowest BCUT2D eigenvalue weighted by Gasteiger charge is -2.22. The first-order valence-corrected chi connectivity index (χ1v) is 6.83. The molecular formula is C15H17ClN2O. The van der Waals surface area contributed by atoms with E-state index >= 15 is 0 Å². The Kier molecular flexibility index (Phi) is 2.91. The molecule has 0 bridgehead atoms. The monoisotopic (exact) mass is 276 g/mol. The minimum absolute atomic E-state index is 0.556. The van der Waals surface area contributed by atoms with Crippen molar-refractivity contribution in [1.82, 2.24) is 9.78 Å². The lowest BCUT2D eigenvalue weighted by atomic mass is 9.92. The number of hydrogen-bond acceptors (Lipinski definition) is 2. The summed E-state index contributed by atoms with van der Waals surface area (Å²) in [5, 5.41) is 15.8. The van der Waals surface area contributed by atoms with Gasteiger partial charge in [-0.25, -0.2) is 0 Å². The van der Waals surface area contributed by atoms with Gasteiger partial charge < -0.3 is 5.11 Å². The second kappa shape index (κ2) is 4.36. The molecule has 0 aliphatic heterocycles. The molecule has 0 saturated carbocycles. The largest absolute Gasteiger partial charge is 0.389 e. The van der Waals surface area contributed by atoms with Gasteiger partial charge in [-0.1, -0.05) is 35.9 Å². The van der Waals surface area contributed by atoms with Crippen molar-refractivity contribution in [3.05, 3.63) is 51.8 Å². The highest BCUT2D eigenvalue weighted by Crippen LogP contribution is 2.34. The number of fused-ring (bicyclic) bond motifs is 1. The van der Waals surface area contributed by atoms with E-state index in [1.807, 2.05) is 26.1 Å². The Labute approximate surface area is 117 Å². The van der Waals surface area contributed by atoms with Crippen LogP contribution in [0, 0.1) is 6.92 Å². The van der Waals surface area contributed by atoms with E-state index in [-0.39, 0.29) is 0 Å². The number of aliphatic hydroxyl groups is 1. The third-order valence-electron chi connectivity index (χ3n) is 3.93. The van der Waals surface area contributed by atoms with Gasteiger partial charge in [0, 0.05) is 31.9 Å². The van der Waals surface area contributed by atoms with Crippen molar-refractivity contribution in [3.8, 4) is 0 Å². The van der Waals surface area contributed by atoms with Gasteiger partial charge in [0.15, 0.2) is 0 Å². The lowest BCUT2D eigenvalue weighted by Crippen LogP contribution is -2.32. The highest BCUT2D eigenvalue weighted by atomic mass is 35.5. The molecule has 19 heavy (non-hydrogen) atoms. The van der Waals surface area contributed by atoms with Crippen molar-refractivity contribution in [2.24, 2.45) is 7.05 Å². The van der Waals surface area contributed by atoms with Gasteiger partial charge in [0.2, 0.25) is 0 Å². The van der Waals surface area contributed by atoms with E-state index in [1.165, 1.54) is 11.1 Å². The fraction of sp³-hybridized carbons (Fsp3) is 0.400. The van der Waals surface area contributed by atoms with Crippen molar-refractivity contribution < 1.29 is 5.11 Å². The second-order valence-corrected chi connectivity index (χ2v) is 5.86. The summed E-state index contributed by atoms with van der Waals surface area (Å²) in [4.78, 5) is 0. The molecule has 4 heteroatoms. The zero-order chi connectivity index (χ0) is 13.6. The summed E-state index contributed by atoms with van der Waals surface area (Å²) >= 11 is 6.26. The number of hydrogen-bond donors (Lipinski definition) is 1. The van der Waals surface area contributed by atoms with Crippen LogP contribution in [0.25, 0.3) is 0 Å². The third kappa shape index (κ3) is 2.17. The average molecular weight is 277 g/mol. The maximum absolute atomic E-state index is 10.8. The number of aryl methyl sites for hydroxylation is 2. The smallest absolute Gasteiger partial charge is 0.130 e. The minimum atomic E-state index is -0.735. The molecule has 0 fully saturated rings. The van der Waals surface area contributed by atoms with Gasteiger partial charge in [-0.2, -0.15) is 5.10 Å². The van der Waals surface area contributed by atoms with Crippen molar-refractivity contribution in [1.29, 1.82) is 0 Å². The molecule has 1 aliphatic carbocycles. The molecule has 0 unspecified atom stereocenters. The van der Waals surface area contributed by atoms with Crippen LogP contribution in [0.2, 0.25) is 5.15 Å². The highest BCUT2D eigenvalue weighted by Gasteiger charge is 2.36. The molecule has 0 radical (unpaired) electrons. The van der Waals surface area contributed by atoms with Gasteiger partial charge in [-0.15, -0.1) is 0 Å². The average Bonchev–Trinajstić information content (AvgIpc) is 2.81. The van der Waals surface area contributed by atoms with Crippen molar-refractivity contribution in [3.63, 3.8) is 0 Å². The molecule has 1 N–H and O–H groups in total. The minimum Gasteiger partial charge on any atom is -0.389 e. The van der Waals surface area contributed by atoms with Crippen LogP contribution in [0.5, 0.6) is 0 Å². The normalized spacial score (nSPS) is 16.6. The number of halogens is 1. The third-order valence-corrected chi connectivity index (χ3v) is 4.41. The molecule has 0 amide bonds. The summed E-state index contributed by atoms with van der Waals surface area (Å²) in [6, 6.07) is 8.22. The van der Waals surface area contributed by atoms with Gasteiger partial charge in [-0.05, 0) is 18.1 Å². The van der Waals surface area contributed by atoms with Crippen molar-refractivity contribution in [2.45, 2.75) is 31.8 Å². The molecule has 0 atom stereocenters.